The summed E-state index contributed by atoms with van der Waals surface area (Å²) in [6, 6.07) is 5.26. The number of aromatic amines is 1. The van der Waals surface area contributed by atoms with Crippen molar-refractivity contribution < 1.29 is 14.2 Å². The van der Waals surface area contributed by atoms with Crippen LogP contribution in [0.1, 0.15) is 12.8 Å². The number of aromatic hydroxyl groups is 1. The molecule has 2 bridgehead atoms. The Kier molecular flexibility index (Phi) is 4.38. The third-order valence-electron chi connectivity index (χ3n) is 7.62. The minimum atomic E-state index is -0.342. The van der Waals surface area contributed by atoms with Gasteiger partial charge in [-0.15, -0.1) is 0 Å². The maximum absolute atomic E-state index is 14.5. The predicted octanol–water partition coefficient (Wildman–Crippen LogP) is 3.60. The Hall–Kier alpha value is -4.12. The largest absolute Gasteiger partial charge is 0.494 e. The summed E-state index contributed by atoms with van der Waals surface area (Å²) < 4.78 is 22.2. The van der Waals surface area contributed by atoms with E-state index in [0.29, 0.717) is 45.1 Å². The van der Waals surface area contributed by atoms with E-state index in [1.54, 1.807) is 37.1 Å². The van der Waals surface area contributed by atoms with Crippen LogP contribution in [-0.2, 0) is 7.05 Å². The van der Waals surface area contributed by atoms with Crippen LogP contribution in [0.25, 0.3) is 32.8 Å². The summed E-state index contributed by atoms with van der Waals surface area (Å²) in [5.74, 6) is 1.25. The molecule has 2 aliphatic rings. The Morgan fingerprint density at radius 1 is 1.22 bits per heavy atom. The van der Waals surface area contributed by atoms with Crippen molar-refractivity contribution in [3.63, 3.8) is 0 Å². The number of ether oxygens (including phenoxy) is 1. The fourth-order valence-electron chi connectivity index (χ4n) is 5.86. The van der Waals surface area contributed by atoms with Crippen LogP contribution in [-0.4, -0.2) is 55.3 Å². The minimum Gasteiger partial charge on any atom is -0.494 e. The van der Waals surface area contributed by atoms with Gasteiger partial charge < -0.3 is 35.3 Å². The Bertz CT molecular complexity index is 1680. The number of piperidine rings is 1. The first kappa shape index (κ1) is 21.2. The highest BCUT2D eigenvalue weighted by molar-refractivity contribution is 6.14. The summed E-state index contributed by atoms with van der Waals surface area (Å²) in [7, 11) is 3.50. The lowest BCUT2D eigenvalue weighted by Crippen LogP contribution is -2.41. The number of nitrogens with zero attached hydrogens (tertiary/aromatic N) is 5. The van der Waals surface area contributed by atoms with Gasteiger partial charge in [-0.1, -0.05) is 0 Å². The van der Waals surface area contributed by atoms with E-state index in [9.17, 15) is 9.50 Å². The summed E-state index contributed by atoms with van der Waals surface area (Å²) in [4.78, 5) is 19.5. The number of H-pyrrole nitrogens is 1. The van der Waals surface area contributed by atoms with Crippen molar-refractivity contribution >= 4 is 44.3 Å². The first-order valence-electron chi connectivity index (χ1n) is 11.9. The first-order chi connectivity index (χ1) is 17.4. The van der Waals surface area contributed by atoms with Crippen LogP contribution in [0.5, 0.6) is 17.6 Å². The fraction of sp³-hybridized carbons (Fsp3) is 0.320. The molecule has 3 atom stereocenters. The average molecular weight is 489 g/mol. The predicted molar refractivity (Wildman–Crippen MR) is 135 cm³/mol. The standard InChI is InChI=1S/C25H25FN8O2/c1-28-18-5-12(26)4-16-20-22(30-21(16)18)31-25(32-23(20)34-9-11-3-13(34)6-17(11)27)36-14-7-15-19(29-8-14)10-33(2)24(15)35/h4-5,7-8,10-11,13,17,28,35H,3,6,9,27H2,1-2H3,(H,30,31,32). The topological polar surface area (TPSA) is 130 Å². The van der Waals surface area contributed by atoms with Crippen LogP contribution >= 0.6 is 0 Å². The molecule has 5 heterocycles. The summed E-state index contributed by atoms with van der Waals surface area (Å²) in [5, 5.41) is 15.4. The number of halogens is 1. The van der Waals surface area contributed by atoms with Crippen molar-refractivity contribution in [2.45, 2.75) is 24.9 Å². The van der Waals surface area contributed by atoms with Crippen LogP contribution in [0.3, 0.4) is 0 Å². The molecule has 0 spiro atoms. The van der Waals surface area contributed by atoms with Gasteiger partial charge in [-0.25, -0.2) is 4.39 Å². The minimum absolute atomic E-state index is 0.0988. The number of aryl methyl sites for hydroxylation is 1. The maximum atomic E-state index is 14.5. The number of anilines is 2. The van der Waals surface area contributed by atoms with Crippen LogP contribution in [0.15, 0.2) is 30.6 Å². The molecule has 2 fully saturated rings. The lowest BCUT2D eigenvalue weighted by molar-refractivity contribution is 0.433. The molecule has 3 unspecified atom stereocenters. The molecule has 0 radical (unpaired) electrons. The van der Waals surface area contributed by atoms with E-state index >= 15 is 0 Å². The molecule has 1 aliphatic heterocycles. The van der Waals surface area contributed by atoms with E-state index in [-0.39, 0.29) is 29.8 Å². The molecule has 184 valence electrons. The van der Waals surface area contributed by atoms with Crippen molar-refractivity contribution in [3.05, 3.63) is 36.4 Å². The number of hydrogen-bond donors (Lipinski definition) is 4. The molecule has 1 saturated heterocycles. The van der Waals surface area contributed by atoms with Gasteiger partial charge in [0.2, 0.25) is 5.88 Å². The van der Waals surface area contributed by atoms with Gasteiger partial charge in [0.25, 0.3) is 0 Å². The highest BCUT2D eigenvalue weighted by Gasteiger charge is 2.44. The van der Waals surface area contributed by atoms with Crippen LogP contribution in [0.4, 0.5) is 15.9 Å². The highest BCUT2D eigenvalue weighted by Crippen LogP contribution is 2.44. The Morgan fingerprint density at radius 2 is 2.08 bits per heavy atom. The molecular formula is C25H25FN8O2. The average Bonchev–Trinajstić information content (AvgIpc) is 3.60. The lowest BCUT2D eigenvalue weighted by atomic mass is 10.0. The Labute approximate surface area is 204 Å². The van der Waals surface area contributed by atoms with Crippen molar-refractivity contribution in [2.75, 3.05) is 23.8 Å². The van der Waals surface area contributed by atoms with Crippen LogP contribution in [0.2, 0.25) is 0 Å². The van der Waals surface area contributed by atoms with E-state index in [4.69, 9.17) is 15.5 Å². The molecule has 1 saturated carbocycles. The summed E-state index contributed by atoms with van der Waals surface area (Å²) in [6.45, 7) is 0.781. The van der Waals surface area contributed by atoms with Gasteiger partial charge >= 0.3 is 6.01 Å². The van der Waals surface area contributed by atoms with Crippen LogP contribution < -0.4 is 20.7 Å². The zero-order chi connectivity index (χ0) is 24.7. The third kappa shape index (κ3) is 3.02. The quantitative estimate of drug-likeness (QED) is 0.302. The maximum Gasteiger partial charge on any atom is 0.326 e. The second-order valence-corrected chi connectivity index (χ2v) is 9.78. The Balaban J connectivity index is 1.40. The second-order valence-electron chi connectivity index (χ2n) is 9.78. The summed E-state index contributed by atoms with van der Waals surface area (Å²) >= 11 is 0. The van der Waals surface area contributed by atoms with E-state index in [0.717, 1.165) is 30.3 Å². The number of rotatable bonds is 4. The summed E-state index contributed by atoms with van der Waals surface area (Å²) in [6.07, 6.45) is 5.21. The van der Waals surface area contributed by atoms with Crippen molar-refractivity contribution in [1.29, 1.82) is 0 Å². The zero-order valence-corrected chi connectivity index (χ0v) is 19.8. The molecule has 7 rings (SSSR count). The molecule has 11 heteroatoms. The molecule has 1 aromatic carbocycles. The SMILES string of the molecule is CNc1cc(F)cc2c1[nH]c1nc(Oc3cnc4cn(C)c(O)c4c3)nc(N3CC4CC3CC4N)c12. The zero-order valence-electron chi connectivity index (χ0n) is 19.8. The van der Waals surface area contributed by atoms with Gasteiger partial charge in [-0.3, -0.25) is 4.98 Å². The number of pyridine rings is 1. The van der Waals surface area contributed by atoms with E-state index in [1.165, 1.54) is 12.1 Å². The highest BCUT2D eigenvalue weighted by atomic mass is 19.1. The van der Waals surface area contributed by atoms with Gasteiger partial charge in [-0.2, -0.15) is 9.97 Å². The molecule has 10 nitrogen and oxygen atoms in total. The smallest absolute Gasteiger partial charge is 0.326 e. The number of nitrogens with one attached hydrogen (secondary N) is 2. The van der Waals surface area contributed by atoms with Gasteiger partial charge in [0.15, 0.2) is 0 Å². The molecule has 4 aromatic heterocycles. The van der Waals surface area contributed by atoms with Crippen molar-refractivity contribution in [1.82, 2.24) is 24.5 Å². The van der Waals surface area contributed by atoms with Gasteiger partial charge in [0.1, 0.15) is 23.0 Å². The first-order valence-corrected chi connectivity index (χ1v) is 11.9. The molecular weight excluding hydrogens is 463 g/mol. The lowest BCUT2D eigenvalue weighted by Gasteiger charge is -2.31. The number of nitrogens with two attached hydrogens (primary N) is 1. The normalized spacial score (nSPS) is 21.3. The fourth-order valence-corrected chi connectivity index (χ4v) is 5.86. The molecule has 36 heavy (non-hydrogen) atoms. The number of fused-ring (bicyclic) bond motifs is 6. The molecule has 5 aromatic rings. The van der Waals surface area contributed by atoms with E-state index in [1.807, 2.05) is 0 Å². The van der Waals surface area contributed by atoms with Crippen molar-refractivity contribution in [3.8, 4) is 17.6 Å². The number of hydrogen-bond acceptors (Lipinski definition) is 8. The van der Waals surface area contributed by atoms with E-state index < -0.39 is 0 Å². The molecule has 1 aliphatic carbocycles. The second kappa shape index (κ2) is 7.44. The van der Waals surface area contributed by atoms with Crippen molar-refractivity contribution in [2.24, 2.45) is 18.7 Å². The number of aromatic nitrogens is 5. The third-order valence-corrected chi connectivity index (χ3v) is 7.62. The Morgan fingerprint density at radius 3 is 2.83 bits per heavy atom. The number of benzene rings is 1. The van der Waals surface area contributed by atoms with Gasteiger partial charge in [0.05, 0.1) is 33.7 Å². The van der Waals surface area contributed by atoms with E-state index in [2.05, 4.69) is 25.2 Å². The van der Waals surface area contributed by atoms with Gasteiger partial charge in [-0.05, 0) is 37.0 Å². The van der Waals surface area contributed by atoms with Gasteiger partial charge in [0, 0.05) is 44.3 Å². The molecule has 0 amide bonds. The molecule has 5 N–H and O–H groups in total. The monoisotopic (exact) mass is 488 g/mol. The van der Waals surface area contributed by atoms with Crippen LogP contribution in [0, 0.1) is 11.7 Å². The summed E-state index contributed by atoms with van der Waals surface area (Å²) in [5.41, 5.74) is 8.91.